The molecule has 5 rings (SSSR count). The van der Waals surface area contributed by atoms with Gasteiger partial charge in [0.2, 0.25) is 0 Å². The van der Waals surface area contributed by atoms with Crippen molar-refractivity contribution in [2.45, 2.75) is 90.1 Å². The van der Waals surface area contributed by atoms with Crippen LogP contribution < -0.4 is 4.74 Å². The van der Waals surface area contributed by atoms with E-state index in [0.717, 1.165) is 28.9 Å². The van der Waals surface area contributed by atoms with Crippen molar-refractivity contribution >= 4 is 0 Å². The molecule has 2 fully saturated rings. The number of rotatable bonds is 10. The lowest BCUT2D eigenvalue weighted by Gasteiger charge is -2.42. The summed E-state index contributed by atoms with van der Waals surface area (Å²) >= 11 is 0. The highest BCUT2D eigenvalue weighted by Gasteiger charge is 2.35. The fourth-order valence-corrected chi connectivity index (χ4v) is 6.95. The summed E-state index contributed by atoms with van der Waals surface area (Å²) in [5, 5.41) is 0. The molecule has 0 amide bonds. The first kappa shape index (κ1) is 26.9. The van der Waals surface area contributed by atoms with E-state index in [2.05, 4.69) is 19.1 Å². The van der Waals surface area contributed by atoms with Crippen LogP contribution in [-0.2, 0) is 6.61 Å². The van der Waals surface area contributed by atoms with Gasteiger partial charge in [0.05, 0.1) is 0 Å². The van der Waals surface area contributed by atoms with E-state index in [1.165, 1.54) is 88.3 Å². The third kappa shape index (κ3) is 6.65. The molecule has 0 aromatic heterocycles. The normalized spacial score (nSPS) is 23.1. The van der Waals surface area contributed by atoms with Crippen molar-refractivity contribution in [3.63, 3.8) is 0 Å². The summed E-state index contributed by atoms with van der Waals surface area (Å²) in [4.78, 5) is 0. The van der Waals surface area contributed by atoms with Gasteiger partial charge >= 0.3 is 0 Å². The third-order valence-corrected chi connectivity index (χ3v) is 9.13. The number of unbranched alkanes of at least 4 members (excludes halogenated alkanes) is 3. The van der Waals surface area contributed by atoms with E-state index in [1.807, 2.05) is 42.5 Å². The van der Waals surface area contributed by atoms with Crippen molar-refractivity contribution in [3.8, 4) is 16.9 Å². The Hall–Kier alpha value is -2.68. The lowest BCUT2D eigenvalue weighted by molar-refractivity contribution is 0.113. The molecule has 0 saturated heterocycles. The fraction of sp³-hybridized carbons (Fsp3) is 0.486. The van der Waals surface area contributed by atoms with Crippen LogP contribution in [0.5, 0.6) is 5.75 Å². The second kappa shape index (κ2) is 12.9. The smallest absolute Gasteiger partial charge is 0.191 e. The number of benzene rings is 3. The Morgan fingerprint density at radius 2 is 1.45 bits per heavy atom. The predicted octanol–water partition coefficient (Wildman–Crippen LogP) is 10.5. The molecule has 202 valence electrons. The van der Waals surface area contributed by atoms with Gasteiger partial charge in [-0.15, -0.1) is 0 Å². The first-order chi connectivity index (χ1) is 18.6. The summed E-state index contributed by atoms with van der Waals surface area (Å²) in [5.74, 6) is 1.70. The molecule has 3 aromatic rings. The van der Waals surface area contributed by atoms with Gasteiger partial charge in [-0.1, -0.05) is 100 Å². The maximum Gasteiger partial charge on any atom is 0.191 e. The second-order valence-corrected chi connectivity index (χ2v) is 11.7. The van der Waals surface area contributed by atoms with Gasteiger partial charge in [-0.3, -0.25) is 0 Å². The molecule has 2 aliphatic carbocycles. The van der Waals surface area contributed by atoms with Gasteiger partial charge in [-0.05, 0) is 90.2 Å². The predicted molar refractivity (Wildman–Crippen MR) is 152 cm³/mol. The van der Waals surface area contributed by atoms with E-state index in [4.69, 9.17) is 4.74 Å². The number of fused-ring (bicyclic) bond motifs is 1. The first-order valence-electron chi connectivity index (χ1n) is 14.9. The Labute approximate surface area is 227 Å². The van der Waals surface area contributed by atoms with Crippen LogP contribution in [0.4, 0.5) is 8.78 Å². The highest BCUT2D eigenvalue weighted by molar-refractivity contribution is 5.65. The topological polar surface area (TPSA) is 9.23 Å². The number of ether oxygens (including phenoxy) is 1. The van der Waals surface area contributed by atoms with Crippen LogP contribution in [0.3, 0.4) is 0 Å². The van der Waals surface area contributed by atoms with Gasteiger partial charge in [0.15, 0.2) is 17.4 Å². The van der Waals surface area contributed by atoms with Crippen LogP contribution >= 0.6 is 0 Å². The highest BCUT2D eigenvalue weighted by Crippen LogP contribution is 2.48. The molecule has 3 aromatic carbocycles. The van der Waals surface area contributed by atoms with Gasteiger partial charge < -0.3 is 4.74 Å². The molecule has 0 bridgehead atoms. The summed E-state index contributed by atoms with van der Waals surface area (Å²) in [5.41, 5.74) is 3.62. The Balaban J connectivity index is 1.17. The summed E-state index contributed by atoms with van der Waals surface area (Å²) in [6.45, 7) is 2.42. The van der Waals surface area contributed by atoms with Crippen molar-refractivity contribution in [2.24, 2.45) is 17.8 Å². The van der Waals surface area contributed by atoms with Crippen molar-refractivity contribution in [3.05, 3.63) is 89.5 Å². The second-order valence-electron chi connectivity index (χ2n) is 11.7. The monoisotopic (exact) mass is 516 g/mol. The molecular formula is C35H42F2O. The molecule has 1 unspecified atom stereocenters. The van der Waals surface area contributed by atoms with Gasteiger partial charge in [0.25, 0.3) is 0 Å². The molecular weight excluding hydrogens is 474 g/mol. The minimum Gasteiger partial charge on any atom is -0.483 e. The zero-order valence-corrected chi connectivity index (χ0v) is 22.8. The maximum atomic E-state index is 14.8. The molecule has 3 heteroatoms. The lowest BCUT2D eigenvalue weighted by atomic mass is 9.63. The molecule has 1 nitrogen and oxygen atoms in total. The minimum atomic E-state index is -0.667. The summed E-state index contributed by atoms with van der Waals surface area (Å²) in [6.07, 6.45) is 15.1. The Morgan fingerprint density at radius 3 is 2.18 bits per heavy atom. The van der Waals surface area contributed by atoms with E-state index in [1.54, 1.807) is 0 Å². The molecule has 38 heavy (non-hydrogen) atoms. The SMILES string of the molecule is CCCCCCC1CC[C@@H]2C[C@H](c3ccc(-c4cc(F)c(OCc5ccccc5)c(F)c4)cc3)CC[C@@H]2C1. The Bertz CT molecular complexity index is 1130. The number of hydrogen-bond donors (Lipinski definition) is 0. The standard InChI is InChI=1S/C35H42F2O/c1-2-3-4-6-9-25-12-13-31-21-30(19-18-29(31)20-25)27-14-16-28(17-15-27)32-22-33(36)35(34(37)23-32)38-24-26-10-7-5-8-11-26/h5,7-8,10-11,14-17,22-23,25,29-31H,2-4,6,9,12-13,18-21,24H2,1H3/t25?,29-,30-,31-/m1/s1. The Kier molecular flexibility index (Phi) is 9.14. The summed E-state index contributed by atoms with van der Waals surface area (Å²) in [7, 11) is 0. The number of hydrogen-bond acceptors (Lipinski definition) is 1. The van der Waals surface area contributed by atoms with Crippen LogP contribution in [0.2, 0.25) is 0 Å². The largest absolute Gasteiger partial charge is 0.483 e. The Morgan fingerprint density at radius 1 is 0.737 bits per heavy atom. The van der Waals surface area contributed by atoms with E-state index < -0.39 is 11.6 Å². The van der Waals surface area contributed by atoms with Crippen molar-refractivity contribution < 1.29 is 13.5 Å². The summed E-state index contributed by atoms with van der Waals surface area (Å²) in [6, 6.07) is 20.6. The van der Waals surface area contributed by atoms with Gasteiger partial charge in [0, 0.05) is 0 Å². The molecule has 0 spiro atoms. The lowest BCUT2D eigenvalue weighted by Crippen LogP contribution is -2.30. The van der Waals surface area contributed by atoms with E-state index in [9.17, 15) is 8.78 Å². The van der Waals surface area contributed by atoms with Crippen LogP contribution in [-0.4, -0.2) is 0 Å². The summed E-state index contributed by atoms with van der Waals surface area (Å²) < 4.78 is 35.1. The van der Waals surface area contributed by atoms with Crippen LogP contribution in [0.1, 0.15) is 94.6 Å². The van der Waals surface area contributed by atoms with Crippen molar-refractivity contribution in [1.82, 2.24) is 0 Å². The molecule has 4 atom stereocenters. The van der Waals surface area contributed by atoms with E-state index in [0.29, 0.717) is 11.5 Å². The highest BCUT2D eigenvalue weighted by atomic mass is 19.1. The average Bonchev–Trinajstić information content (AvgIpc) is 2.95. The van der Waals surface area contributed by atoms with Gasteiger partial charge in [-0.25, -0.2) is 8.78 Å². The molecule has 0 heterocycles. The van der Waals surface area contributed by atoms with Crippen LogP contribution in [0.15, 0.2) is 66.7 Å². The van der Waals surface area contributed by atoms with Crippen LogP contribution in [0.25, 0.3) is 11.1 Å². The molecule has 0 N–H and O–H groups in total. The van der Waals surface area contributed by atoms with Gasteiger partial charge in [-0.2, -0.15) is 0 Å². The average molecular weight is 517 g/mol. The zero-order chi connectivity index (χ0) is 26.3. The first-order valence-corrected chi connectivity index (χ1v) is 14.9. The van der Waals surface area contributed by atoms with Crippen LogP contribution in [0, 0.1) is 29.4 Å². The number of halogens is 2. The molecule has 2 aliphatic rings. The molecule has 2 saturated carbocycles. The fourth-order valence-electron chi connectivity index (χ4n) is 6.95. The van der Waals surface area contributed by atoms with E-state index in [-0.39, 0.29) is 12.4 Å². The molecule has 0 aliphatic heterocycles. The zero-order valence-electron chi connectivity index (χ0n) is 22.8. The van der Waals surface area contributed by atoms with E-state index >= 15 is 0 Å². The molecule has 0 radical (unpaired) electrons. The minimum absolute atomic E-state index is 0.131. The third-order valence-electron chi connectivity index (χ3n) is 9.13. The van der Waals surface area contributed by atoms with Crippen molar-refractivity contribution in [2.75, 3.05) is 0 Å². The quantitative estimate of drug-likeness (QED) is 0.244. The van der Waals surface area contributed by atoms with Crippen molar-refractivity contribution in [1.29, 1.82) is 0 Å². The maximum absolute atomic E-state index is 14.8. The van der Waals surface area contributed by atoms with Gasteiger partial charge in [0.1, 0.15) is 6.61 Å².